The quantitative estimate of drug-likeness (QED) is 0.627. The SMILES string of the molecule is CON(c1ccc(N)cc1)c1ccc(N)cc1. The van der Waals surface area contributed by atoms with E-state index >= 15 is 0 Å². The zero-order valence-electron chi connectivity index (χ0n) is 9.63. The second-order valence-electron chi connectivity index (χ2n) is 3.66. The van der Waals surface area contributed by atoms with Crippen LogP contribution in [-0.2, 0) is 4.84 Å². The van der Waals surface area contributed by atoms with Crippen molar-refractivity contribution in [2.75, 3.05) is 23.6 Å². The molecule has 0 aliphatic heterocycles. The van der Waals surface area contributed by atoms with Gasteiger partial charge in [-0.15, -0.1) is 0 Å². The van der Waals surface area contributed by atoms with Gasteiger partial charge in [0.1, 0.15) is 0 Å². The lowest BCUT2D eigenvalue weighted by atomic mass is 10.2. The van der Waals surface area contributed by atoms with E-state index in [4.69, 9.17) is 16.3 Å². The van der Waals surface area contributed by atoms with Crippen molar-refractivity contribution in [3.8, 4) is 0 Å². The van der Waals surface area contributed by atoms with Crippen LogP contribution in [0, 0.1) is 0 Å². The van der Waals surface area contributed by atoms with Crippen LogP contribution >= 0.6 is 0 Å². The van der Waals surface area contributed by atoms with Crippen molar-refractivity contribution in [3.05, 3.63) is 48.5 Å². The Kier molecular flexibility index (Phi) is 3.16. The number of benzene rings is 2. The highest BCUT2D eigenvalue weighted by molar-refractivity contribution is 5.64. The normalized spacial score (nSPS) is 10.2. The van der Waals surface area contributed by atoms with Gasteiger partial charge in [0.2, 0.25) is 0 Å². The lowest BCUT2D eigenvalue weighted by Gasteiger charge is -2.22. The standard InChI is InChI=1S/C13H15N3O/c1-17-16(12-6-2-10(14)3-7-12)13-8-4-11(15)5-9-13/h2-9H,14-15H2,1H3. The Morgan fingerprint density at radius 2 is 1.12 bits per heavy atom. The molecule has 0 radical (unpaired) electrons. The van der Waals surface area contributed by atoms with Gasteiger partial charge < -0.3 is 11.5 Å². The molecule has 0 heterocycles. The predicted octanol–water partition coefficient (Wildman–Crippen LogP) is 2.55. The van der Waals surface area contributed by atoms with Crippen molar-refractivity contribution in [2.24, 2.45) is 0 Å². The summed E-state index contributed by atoms with van der Waals surface area (Å²) in [7, 11) is 1.62. The van der Waals surface area contributed by atoms with E-state index in [0.717, 1.165) is 22.7 Å². The molecule has 0 aromatic heterocycles. The van der Waals surface area contributed by atoms with Gasteiger partial charge >= 0.3 is 0 Å². The number of anilines is 4. The van der Waals surface area contributed by atoms with E-state index in [2.05, 4.69) is 0 Å². The summed E-state index contributed by atoms with van der Waals surface area (Å²) in [6.45, 7) is 0. The van der Waals surface area contributed by atoms with E-state index in [-0.39, 0.29) is 0 Å². The fraction of sp³-hybridized carbons (Fsp3) is 0.0769. The number of nitrogens with zero attached hydrogens (tertiary/aromatic N) is 1. The Morgan fingerprint density at radius 1 is 0.765 bits per heavy atom. The molecular weight excluding hydrogens is 214 g/mol. The number of nitrogen functional groups attached to an aromatic ring is 2. The van der Waals surface area contributed by atoms with Crippen molar-refractivity contribution in [1.82, 2.24) is 0 Å². The Bertz CT molecular complexity index is 434. The fourth-order valence-electron chi connectivity index (χ4n) is 1.58. The molecule has 0 spiro atoms. The maximum Gasteiger partial charge on any atom is 0.0696 e. The highest BCUT2D eigenvalue weighted by atomic mass is 16.7. The van der Waals surface area contributed by atoms with Gasteiger partial charge in [0.05, 0.1) is 18.5 Å². The van der Waals surface area contributed by atoms with Gasteiger partial charge in [-0.3, -0.25) is 4.84 Å². The van der Waals surface area contributed by atoms with Crippen LogP contribution in [0.3, 0.4) is 0 Å². The molecule has 4 nitrogen and oxygen atoms in total. The highest BCUT2D eigenvalue weighted by Crippen LogP contribution is 2.26. The Balaban J connectivity index is 2.33. The topological polar surface area (TPSA) is 64.5 Å². The molecular formula is C13H15N3O. The van der Waals surface area contributed by atoms with Crippen LogP contribution in [0.5, 0.6) is 0 Å². The molecule has 2 aromatic carbocycles. The lowest BCUT2D eigenvalue weighted by Crippen LogP contribution is -2.14. The Labute approximate surface area is 100 Å². The molecule has 88 valence electrons. The first-order valence-corrected chi connectivity index (χ1v) is 5.26. The van der Waals surface area contributed by atoms with E-state index in [0.29, 0.717) is 0 Å². The fourth-order valence-corrected chi connectivity index (χ4v) is 1.58. The molecule has 0 fully saturated rings. The molecule has 0 amide bonds. The summed E-state index contributed by atoms with van der Waals surface area (Å²) in [6, 6.07) is 14.9. The minimum absolute atomic E-state index is 0.724. The van der Waals surface area contributed by atoms with E-state index < -0.39 is 0 Å². The van der Waals surface area contributed by atoms with E-state index in [1.165, 1.54) is 0 Å². The second kappa shape index (κ2) is 4.76. The average molecular weight is 229 g/mol. The maximum absolute atomic E-state index is 5.65. The molecule has 0 bridgehead atoms. The van der Waals surface area contributed by atoms with Gasteiger partial charge in [0, 0.05) is 11.4 Å². The van der Waals surface area contributed by atoms with Gasteiger partial charge in [0.25, 0.3) is 0 Å². The smallest absolute Gasteiger partial charge is 0.0696 e. The molecule has 0 saturated carbocycles. The average Bonchev–Trinajstić information content (AvgIpc) is 2.35. The number of rotatable bonds is 3. The Morgan fingerprint density at radius 3 is 1.41 bits per heavy atom. The number of nitrogens with two attached hydrogens (primary N) is 2. The molecule has 0 aliphatic carbocycles. The van der Waals surface area contributed by atoms with Crippen molar-refractivity contribution >= 4 is 22.7 Å². The van der Waals surface area contributed by atoms with Crippen molar-refractivity contribution < 1.29 is 4.84 Å². The summed E-state index contributed by atoms with van der Waals surface area (Å²) in [5.41, 5.74) is 14.6. The third-order valence-electron chi connectivity index (χ3n) is 2.44. The summed E-state index contributed by atoms with van der Waals surface area (Å²) in [4.78, 5) is 5.35. The molecule has 0 saturated heterocycles. The monoisotopic (exact) mass is 229 g/mol. The maximum atomic E-state index is 5.65. The summed E-state index contributed by atoms with van der Waals surface area (Å²) in [5, 5.41) is 1.71. The van der Waals surface area contributed by atoms with Gasteiger partial charge in [0.15, 0.2) is 0 Å². The van der Waals surface area contributed by atoms with Crippen LogP contribution in [-0.4, -0.2) is 7.11 Å². The first kappa shape index (κ1) is 11.3. The molecule has 2 rings (SSSR count). The first-order chi connectivity index (χ1) is 8.20. The third kappa shape index (κ3) is 2.49. The molecule has 0 atom stereocenters. The van der Waals surface area contributed by atoms with E-state index in [1.807, 2.05) is 48.5 Å². The molecule has 17 heavy (non-hydrogen) atoms. The molecule has 0 unspecified atom stereocenters. The van der Waals surface area contributed by atoms with Crippen LogP contribution in [0.2, 0.25) is 0 Å². The van der Waals surface area contributed by atoms with Crippen LogP contribution in [0.15, 0.2) is 48.5 Å². The summed E-state index contributed by atoms with van der Waals surface area (Å²) >= 11 is 0. The van der Waals surface area contributed by atoms with E-state index in [1.54, 1.807) is 12.2 Å². The lowest BCUT2D eigenvalue weighted by molar-refractivity contribution is 0.201. The first-order valence-electron chi connectivity index (χ1n) is 5.26. The summed E-state index contributed by atoms with van der Waals surface area (Å²) in [5.74, 6) is 0. The van der Waals surface area contributed by atoms with Gasteiger partial charge in [-0.25, -0.2) is 5.06 Å². The number of hydrogen-bond acceptors (Lipinski definition) is 4. The third-order valence-corrected chi connectivity index (χ3v) is 2.44. The van der Waals surface area contributed by atoms with Crippen molar-refractivity contribution in [2.45, 2.75) is 0 Å². The minimum Gasteiger partial charge on any atom is -0.399 e. The zero-order chi connectivity index (χ0) is 12.3. The van der Waals surface area contributed by atoms with Crippen molar-refractivity contribution in [3.63, 3.8) is 0 Å². The summed E-state index contributed by atoms with van der Waals surface area (Å²) < 4.78 is 0. The molecule has 4 heteroatoms. The molecule has 2 aromatic rings. The zero-order valence-corrected chi connectivity index (χ0v) is 9.63. The van der Waals surface area contributed by atoms with Crippen molar-refractivity contribution in [1.29, 1.82) is 0 Å². The second-order valence-corrected chi connectivity index (χ2v) is 3.66. The Hall–Kier alpha value is -2.20. The van der Waals surface area contributed by atoms with Gasteiger partial charge in [-0.2, -0.15) is 0 Å². The predicted molar refractivity (Wildman–Crippen MR) is 70.9 cm³/mol. The highest BCUT2D eigenvalue weighted by Gasteiger charge is 2.07. The van der Waals surface area contributed by atoms with Crippen LogP contribution in [0.1, 0.15) is 0 Å². The van der Waals surface area contributed by atoms with Crippen LogP contribution in [0.4, 0.5) is 22.7 Å². The molecule has 4 N–H and O–H groups in total. The summed E-state index contributed by atoms with van der Waals surface area (Å²) in [6.07, 6.45) is 0. The van der Waals surface area contributed by atoms with Crippen LogP contribution < -0.4 is 16.5 Å². The van der Waals surface area contributed by atoms with E-state index in [9.17, 15) is 0 Å². The van der Waals surface area contributed by atoms with Crippen LogP contribution in [0.25, 0.3) is 0 Å². The van der Waals surface area contributed by atoms with Gasteiger partial charge in [-0.05, 0) is 48.5 Å². The molecule has 0 aliphatic rings. The minimum atomic E-state index is 0.724. The number of hydrogen-bond donors (Lipinski definition) is 2. The van der Waals surface area contributed by atoms with Gasteiger partial charge in [-0.1, -0.05) is 0 Å². The largest absolute Gasteiger partial charge is 0.399 e.